The zero-order valence-electron chi connectivity index (χ0n) is 17.4. The molecule has 0 saturated carbocycles. The SMILES string of the molecule is CCOC(=O)CC1c2ccccc2S(=O)(=O)N1Cc1cc(OC)c(OC)c(OC)c1. The van der Waals surface area contributed by atoms with Gasteiger partial charge in [-0.25, -0.2) is 8.42 Å². The molecule has 1 heterocycles. The molecule has 162 valence electrons. The topological polar surface area (TPSA) is 91.4 Å². The van der Waals surface area contributed by atoms with Gasteiger partial charge >= 0.3 is 5.97 Å². The maximum absolute atomic E-state index is 13.3. The van der Waals surface area contributed by atoms with Gasteiger partial charge in [0.05, 0.1) is 45.3 Å². The Labute approximate surface area is 176 Å². The van der Waals surface area contributed by atoms with Crippen LogP contribution in [0.15, 0.2) is 41.3 Å². The van der Waals surface area contributed by atoms with Crippen LogP contribution < -0.4 is 14.2 Å². The number of hydrogen-bond acceptors (Lipinski definition) is 7. The highest BCUT2D eigenvalue weighted by Crippen LogP contribution is 2.44. The van der Waals surface area contributed by atoms with Crippen molar-refractivity contribution in [1.82, 2.24) is 4.31 Å². The summed E-state index contributed by atoms with van der Waals surface area (Å²) in [5.41, 5.74) is 1.22. The molecule has 0 bridgehead atoms. The number of carbonyl (C=O) groups excluding carboxylic acids is 1. The van der Waals surface area contributed by atoms with Crippen molar-refractivity contribution in [2.75, 3.05) is 27.9 Å². The van der Waals surface area contributed by atoms with E-state index >= 15 is 0 Å². The number of methoxy groups -OCH3 is 3. The number of sulfonamides is 1. The summed E-state index contributed by atoms with van der Waals surface area (Å²) in [6.45, 7) is 1.97. The Kier molecular flexibility index (Phi) is 6.52. The molecular formula is C21H25NO7S. The lowest BCUT2D eigenvalue weighted by Crippen LogP contribution is -2.29. The number of rotatable bonds is 8. The van der Waals surface area contributed by atoms with Crippen LogP contribution in [0.2, 0.25) is 0 Å². The van der Waals surface area contributed by atoms with E-state index in [1.807, 2.05) is 0 Å². The minimum Gasteiger partial charge on any atom is -0.493 e. The molecule has 0 N–H and O–H groups in total. The first-order valence-corrected chi connectivity index (χ1v) is 10.9. The Bertz CT molecular complexity index is 1010. The van der Waals surface area contributed by atoms with Crippen molar-refractivity contribution in [3.05, 3.63) is 47.5 Å². The van der Waals surface area contributed by atoms with Gasteiger partial charge in [0.25, 0.3) is 0 Å². The molecule has 9 heteroatoms. The summed E-state index contributed by atoms with van der Waals surface area (Å²) >= 11 is 0. The molecule has 0 fully saturated rings. The van der Waals surface area contributed by atoms with E-state index in [9.17, 15) is 13.2 Å². The van der Waals surface area contributed by atoms with Crippen LogP contribution in [0.3, 0.4) is 0 Å². The molecule has 1 aliphatic rings. The van der Waals surface area contributed by atoms with Crippen molar-refractivity contribution in [2.45, 2.75) is 30.8 Å². The monoisotopic (exact) mass is 435 g/mol. The first-order valence-electron chi connectivity index (χ1n) is 9.42. The lowest BCUT2D eigenvalue weighted by molar-refractivity contribution is -0.144. The lowest BCUT2D eigenvalue weighted by Gasteiger charge is -2.24. The van der Waals surface area contributed by atoms with Crippen LogP contribution in [-0.2, 0) is 26.1 Å². The fraction of sp³-hybridized carbons (Fsp3) is 0.381. The van der Waals surface area contributed by atoms with Gasteiger partial charge in [-0.1, -0.05) is 18.2 Å². The highest BCUT2D eigenvalue weighted by Gasteiger charge is 2.43. The second-order valence-corrected chi connectivity index (χ2v) is 8.51. The number of carbonyl (C=O) groups is 1. The van der Waals surface area contributed by atoms with Gasteiger partial charge in [0.15, 0.2) is 11.5 Å². The summed E-state index contributed by atoms with van der Waals surface area (Å²) < 4.78 is 49.0. The first kappa shape index (κ1) is 21.9. The largest absolute Gasteiger partial charge is 0.493 e. The number of benzene rings is 2. The second-order valence-electron chi connectivity index (χ2n) is 6.65. The summed E-state index contributed by atoms with van der Waals surface area (Å²) in [4.78, 5) is 12.4. The van der Waals surface area contributed by atoms with Crippen LogP contribution in [0.5, 0.6) is 17.2 Å². The summed E-state index contributed by atoms with van der Waals surface area (Å²) in [7, 11) is 0.687. The van der Waals surface area contributed by atoms with Crippen LogP contribution in [0.4, 0.5) is 0 Å². The molecule has 2 aromatic carbocycles. The van der Waals surface area contributed by atoms with E-state index in [2.05, 4.69) is 0 Å². The van der Waals surface area contributed by atoms with Gasteiger partial charge in [-0.05, 0) is 36.2 Å². The predicted octanol–water partition coefficient (Wildman–Crippen LogP) is 2.91. The highest BCUT2D eigenvalue weighted by atomic mass is 32.2. The molecule has 0 spiro atoms. The molecule has 0 saturated heterocycles. The van der Waals surface area contributed by atoms with Crippen molar-refractivity contribution in [3.63, 3.8) is 0 Å². The summed E-state index contributed by atoms with van der Waals surface area (Å²) in [5.74, 6) is 0.800. The van der Waals surface area contributed by atoms with E-state index in [1.54, 1.807) is 43.3 Å². The molecule has 1 unspecified atom stereocenters. The quantitative estimate of drug-likeness (QED) is 0.589. The zero-order valence-corrected chi connectivity index (χ0v) is 18.2. The standard InChI is InChI=1S/C21H25NO7S/c1-5-29-20(23)12-16-15-8-6-7-9-19(15)30(24,25)22(16)13-14-10-17(26-2)21(28-4)18(11-14)27-3/h6-11,16H,5,12-13H2,1-4H3. The van der Waals surface area contributed by atoms with Crippen LogP contribution in [0.25, 0.3) is 0 Å². The second kappa shape index (κ2) is 8.93. The maximum atomic E-state index is 13.3. The molecule has 1 atom stereocenters. The molecule has 0 aromatic heterocycles. The Morgan fingerprint density at radius 1 is 1.03 bits per heavy atom. The minimum absolute atomic E-state index is 0.0256. The third-order valence-corrected chi connectivity index (χ3v) is 6.87. The van der Waals surface area contributed by atoms with Gasteiger partial charge in [0.1, 0.15) is 0 Å². The zero-order chi connectivity index (χ0) is 21.9. The predicted molar refractivity (Wildman–Crippen MR) is 109 cm³/mol. The first-order chi connectivity index (χ1) is 14.4. The van der Waals surface area contributed by atoms with Gasteiger partial charge in [-0.15, -0.1) is 0 Å². The highest BCUT2D eigenvalue weighted by molar-refractivity contribution is 7.89. The average molecular weight is 435 g/mol. The van der Waals surface area contributed by atoms with Crippen molar-refractivity contribution < 1.29 is 32.2 Å². The molecule has 2 aromatic rings. The molecule has 8 nitrogen and oxygen atoms in total. The Morgan fingerprint density at radius 3 is 2.23 bits per heavy atom. The normalized spacial score (nSPS) is 17.3. The number of esters is 1. The van der Waals surface area contributed by atoms with Crippen LogP contribution in [0, 0.1) is 0 Å². The Balaban J connectivity index is 2.04. The van der Waals surface area contributed by atoms with Crippen molar-refractivity contribution in [2.24, 2.45) is 0 Å². The van der Waals surface area contributed by atoms with Crippen molar-refractivity contribution in [3.8, 4) is 17.2 Å². The summed E-state index contributed by atoms with van der Waals surface area (Å²) in [5, 5.41) is 0. The third-order valence-electron chi connectivity index (χ3n) is 4.94. The van der Waals surface area contributed by atoms with E-state index in [0.29, 0.717) is 28.4 Å². The molecule has 0 radical (unpaired) electrons. The van der Waals surface area contributed by atoms with Gasteiger partial charge in [0, 0.05) is 6.54 Å². The van der Waals surface area contributed by atoms with Gasteiger partial charge in [-0.3, -0.25) is 4.79 Å². The van der Waals surface area contributed by atoms with Crippen LogP contribution in [0.1, 0.15) is 30.5 Å². The number of hydrogen-bond donors (Lipinski definition) is 0. The lowest BCUT2D eigenvalue weighted by atomic mass is 10.0. The molecule has 0 aliphatic carbocycles. The smallest absolute Gasteiger partial charge is 0.307 e. The van der Waals surface area contributed by atoms with Crippen LogP contribution in [-0.4, -0.2) is 46.6 Å². The van der Waals surface area contributed by atoms with Gasteiger partial charge in [0.2, 0.25) is 15.8 Å². The number of nitrogens with zero attached hydrogens (tertiary/aromatic N) is 1. The van der Waals surface area contributed by atoms with Crippen molar-refractivity contribution in [1.29, 1.82) is 0 Å². The minimum atomic E-state index is -3.80. The van der Waals surface area contributed by atoms with Crippen LogP contribution >= 0.6 is 0 Å². The fourth-order valence-corrected chi connectivity index (χ4v) is 5.48. The molecule has 3 rings (SSSR count). The van der Waals surface area contributed by atoms with E-state index < -0.39 is 22.0 Å². The molecule has 1 aliphatic heterocycles. The molecule has 0 amide bonds. The van der Waals surface area contributed by atoms with Crippen molar-refractivity contribution >= 4 is 16.0 Å². The number of fused-ring (bicyclic) bond motifs is 1. The molecular weight excluding hydrogens is 410 g/mol. The Hall–Kier alpha value is -2.78. The third kappa shape index (κ3) is 3.95. The molecule has 30 heavy (non-hydrogen) atoms. The van der Waals surface area contributed by atoms with Gasteiger partial charge in [-0.2, -0.15) is 4.31 Å². The van der Waals surface area contributed by atoms with E-state index in [0.717, 1.165) is 0 Å². The maximum Gasteiger partial charge on any atom is 0.307 e. The average Bonchev–Trinajstić information content (AvgIpc) is 2.94. The van der Waals surface area contributed by atoms with E-state index in [-0.39, 0.29) is 24.5 Å². The fourth-order valence-electron chi connectivity index (χ4n) is 3.63. The Morgan fingerprint density at radius 2 is 1.67 bits per heavy atom. The summed E-state index contributed by atoms with van der Waals surface area (Å²) in [6.07, 6.45) is -0.0749. The number of ether oxygens (including phenoxy) is 4. The van der Waals surface area contributed by atoms with E-state index in [1.165, 1.54) is 25.6 Å². The van der Waals surface area contributed by atoms with E-state index in [4.69, 9.17) is 18.9 Å². The van der Waals surface area contributed by atoms with Gasteiger partial charge < -0.3 is 18.9 Å². The summed E-state index contributed by atoms with van der Waals surface area (Å²) in [6, 6.07) is 9.44.